The van der Waals surface area contributed by atoms with Crippen LogP contribution in [0, 0.1) is 10.8 Å². The highest BCUT2D eigenvalue weighted by Gasteiger charge is 2.50. The molecule has 0 aliphatic heterocycles. The molecule has 2 bridgehead atoms. The molecule has 0 nitrogen and oxygen atoms in total. The lowest BCUT2D eigenvalue weighted by Gasteiger charge is -2.51. The Kier molecular flexibility index (Phi) is 1.71. The highest BCUT2D eigenvalue weighted by atomic mass is 19.3. The first-order chi connectivity index (χ1) is 5.56. The van der Waals surface area contributed by atoms with Crippen molar-refractivity contribution in [2.75, 3.05) is 0 Å². The maximum Gasteiger partial charge on any atom is 0.244 e. The number of alkyl halides is 2. The van der Waals surface area contributed by atoms with E-state index in [1.54, 1.807) is 0 Å². The van der Waals surface area contributed by atoms with Gasteiger partial charge in [0.2, 0.25) is 6.43 Å². The van der Waals surface area contributed by atoms with Crippen LogP contribution >= 0.6 is 0 Å². The highest BCUT2D eigenvalue weighted by molar-refractivity contribution is 4.98. The summed E-state index contributed by atoms with van der Waals surface area (Å²) >= 11 is 0. The molecule has 2 heteroatoms. The van der Waals surface area contributed by atoms with Crippen molar-refractivity contribution in [2.45, 2.75) is 51.9 Å². The Hall–Kier alpha value is -0.140. The largest absolute Gasteiger partial charge is 0.244 e. The molecule has 0 aromatic heterocycles. The van der Waals surface area contributed by atoms with Crippen molar-refractivity contribution in [3.8, 4) is 0 Å². The fourth-order valence-electron chi connectivity index (χ4n) is 2.73. The Labute approximate surface area is 72.3 Å². The molecule has 12 heavy (non-hydrogen) atoms. The smallest absolute Gasteiger partial charge is 0.210 e. The van der Waals surface area contributed by atoms with Crippen LogP contribution < -0.4 is 0 Å². The average molecular weight is 174 g/mol. The zero-order valence-corrected chi connectivity index (χ0v) is 7.58. The van der Waals surface area contributed by atoms with Gasteiger partial charge in [-0.05, 0) is 43.9 Å². The van der Waals surface area contributed by atoms with Crippen LogP contribution in [0.4, 0.5) is 8.78 Å². The predicted molar refractivity (Wildman–Crippen MR) is 44.2 cm³/mol. The van der Waals surface area contributed by atoms with Crippen LogP contribution in [0.3, 0.4) is 0 Å². The molecule has 0 heterocycles. The van der Waals surface area contributed by atoms with E-state index in [4.69, 9.17) is 0 Å². The first kappa shape index (κ1) is 8.46. The molecule has 3 fully saturated rings. The Morgan fingerprint density at radius 1 is 0.917 bits per heavy atom. The minimum atomic E-state index is -2.08. The molecule has 0 N–H and O–H groups in total. The van der Waals surface area contributed by atoms with Crippen LogP contribution in [-0.4, -0.2) is 6.43 Å². The average Bonchev–Trinajstić information content (AvgIpc) is 2.06. The molecule has 3 rings (SSSR count). The molecule has 3 aliphatic rings. The monoisotopic (exact) mass is 174 g/mol. The van der Waals surface area contributed by atoms with E-state index in [-0.39, 0.29) is 0 Å². The lowest BCUT2D eigenvalue weighted by molar-refractivity contribution is -0.100. The number of hydrogen-bond acceptors (Lipinski definition) is 0. The van der Waals surface area contributed by atoms with Gasteiger partial charge >= 0.3 is 0 Å². The number of fused-ring (bicyclic) bond motifs is 3. The molecule has 3 saturated carbocycles. The van der Waals surface area contributed by atoms with Gasteiger partial charge in [0.15, 0.2) is 0 Å². The lowest BCUT2D eigenvalue weighted by atomic mass is 9.54. The molecule has 0 amide bonds. The van der Waals surface area contributed by atoms with E-state index < -0.39 is 11.8 Å². The standard InChI is InChI=1S/C10H16F2/c1-9-2-5-10(6-3-9,7-4-9)8(11)12/h8H,2-7H2,1H3. The van der Waals surface area contributed by atoms with Gasteiger partial charge in [-0.3, -0.25) is 0 Å². The van der Waals surface area contributed by atoms with Gasteiger partial charge in [-0.15, -0.1) is 0 Å². The van der Waals surface area contributed by atoms with Crippen LogP contribution in [-0.2, 0) is 0 Å². The zero-order chi connectivity index (χ0) is 8.82. The Balaban J connectivity index is 2.14. The van der Waals surface area contributed by atoms with E-state index in [0.29, 0.717) is 5.41 Å². The summed E-state index contributed by atoms with van der Waals surface area (Å²) in [4.78, 5) is 0. The second-order valence-electron chi connectivity index (χ2n) is 4.97. The molecular weight excluding hydrogens is 158 g/mol. The van der Waals surface area contributed by atoms with Gasteiger partial charge in [0.05, 0.1) is 0 Å². The van der Waals surface area contributed by atoms with Crippen molar-refractivity contribution < 1.29 is 8.78 Å². The van der Waals surface area contributed by atoms with Gasteiger partial charge in [0.1, 0.15) is 0 Å². The van der Waals surface area contributed by atoms with Crippen molar-refractivity contribution in [1.29, 1.82) is 0 Å². The summed E-state index contributed by atoms with van der Waals surface area (Å²) in [6, 6.07) is 0. The topological polar surface area (TPSA) is 0 Å². The van der Waals surface area contributed by atoms with E-state index in [9.17, 15) is 8.78 Å². The van der Waals surface area contributed by atoms with Crippen molar-refractivity contribution in [2.24, 2.45) is 10.8 Å². The van der Waals surface area contributed by atoms with Gasteiger partial charge in [0.25, 0.3) is 0 Å². The molecule has 0 spiro atoms. The van der Waals surface area contributed by atoms with E-state index in [1.165, 1.54) is 0 Å². The summed E-state index contributed by atoms with van der Waals surface area (Å²) in [5.74, 6) is 0. The quantitative estimate of drug-likeness (QED) is 0.569. The maximum absolute atomic E-state index is 12.7. The summed E-state index contributed by atoms with van der Waals surface area (Å²) in [7, 11) is 0. The Bertz CT molecular complexity index is 162. The van der Waals surface area contributed by atoms with Gasteiger partial charge in [-0.2, -0.15) is 0 Å². The SMILES string of the molecule is CC12CCC(C(F)F)(CC1)CC2. The third-order valence-electron chi connectivity index (χ3n) is 4.14. The van der Waals surface area contributed by atoms with E-state index in [2.05, 4.69) is 6.92 Å². The van der Waals surface area contributed by atoms with Crippen molar-refractivity contribution >= 4 is 0 Å². The highest BCUT2D eigenvalue weighted by Crippen LogP contribution is 2.58. The van der Waals surface area contributed by atoms with Gasteiger partial charge in [-0.1, -0.05) is 6.92 Å². The van der Waals surface area contributed by atoms with Crippen LogP contribution in [0.2, 0.25) is 0 Å². The zero-order valence-electron chi connectivity index (χ0n) is 7.58. The molecule has 0 aromatic carbocycles. The molecule has 70 valence electrons. The van der Waals surface area contributed by atoms with E-state index in [0.717, 1.165) is 38.5 Å². The van der Waals surface area contributed by atoms with E-state index >= 15 is 0 Å². The Morgan fingerprint density at radius 3 is 1.67 bits per heavy atom. The normalized spacial score (nSPS) is 47.0. The summed E-state index contributed by atoms with van der Waals surface area (Å²) in [5.41, 5.74) is -0.158. The van der Waals surface area contributed by atoms with Crippen molar-refractivity contribution in [3.63, 3.8) is 0 Å². The molecule has 3 aliphatic carbocycles. The molecule has 0 unspecified atom stereocenters. The van der Waals surface area contributed by atoms with Crippen LogP contribution in [0.5, 0.6) is 0 Å². The Morgan fingerprint density at radius 2 is 1.33 bits per heavy atom. The number of halogens is 2. The fraction of sp³-hybridized carbons (Fsp3) is 1.00. The second kappa shape index (κ2) is 2.43. The fourth-order valence-corrected chi connectivity index (χ4v) is 2.73. The lowest BCUT2D eigenvalue weighted by Crippen LogP contribution is -2.43. The van der Waals surface area contributed by atoms with Crippen molar-refractivity contribution in [3.05, 3.63) is 0 Å². The minimum Gasteiger partial charge on any atom is -0.210 e. The summed E-state index contributed by atoms with van der Waals surface area (Å²) < 4.78 is 25.5. The first-order valence-electron chi connectivity index (χ1n) is 4.85. The van der Waals surface area contributed by atoms with Crippen molar-refractivity contribution in [1.82, 2.24) is 0 Å². The predicted octanol–water partition coefficient (Wildman–Crippen LogP) is 3.61. The third kappa shape index (κ3) is 1.07. The molecule has 0 saturated heterocycles. The van der Waals surface area contributed by atoms with Crippen LogP contribution in [0.25, 0.3) is 0 Å². The van der Waals surface area contributed by atoms with Crippen LogP contribution in [0.1, 0.15) is 45.4 Å². The summed E-state index contributed by atoms with van der Waals surface area (Å²) in [6.07, 6.45) is 3.29. The third-order valence-corrected chi connectivity index (χ3v) is 4.14. The number of hydrogen-bond donors (Lipinski definition) is 0. The number of rotatable bonds is 1. The van der Waals surface area contributed by atoms with Crippen LogP contribution in [0.15, 0.2) is 0 Å². The maximum atomic E-state index is 12.7. The second-order valence-corrected chi connectivity index (χ2v) is 4.97. The molecule has 0 atom stereocenters. The molecule has 0 aromatic rings. The summed E-state index contributed by atoms with van der Waals surface area (Å²) in [6.45, 7) is 2.25. The van der Waals surface area contributed by atoms with Gasteiger partial charge < -0.3 is 0 Å². The molecule has 0 radical (unpaired) electrons. The van der Waals surface area contributed by atoms with Gasteiger partial charge in [-0.25, -0.2) is 8.78 Å². The molecular formula is C10H16F2. The summed E-state index contributed by atoms with van der Waals surface area (Å²) in [5, 5.41) is 0. The van der Waals surface area contributed by atoms with E-state index in [1.807, 2.05) is 0 Å². The first-order valence-corrected chi connectivity index (χ1v) is 4.85. The minimum absolute atomic E-state index is 0.413. The van der Waals surface area contributed by atoms with Gasteiger partial charge in [0, 0.05) is 5.41 Å².